The predicted octanol–water partition coefficient (Wildman–Crippen LogP) is 1.94. The highest BCUT2D eigenvalue weighted by Crippen LogP contribution is 2.30. The molecule has 0 bridgehead atoms. The smallest absolute Gasteiger partial charge is 0.341 e. The molecule has 1 N–H and O–H groups in total. The first-order chi connectivity index (χ1) is 10.1. The molecule has 0 aromatic carbocycles. The number of aromatic nitrogens is 1. The van der Waals surface area contributed by atoms with E-state index in [0.717, 1.165) is 38.0 Å². The minimum absolute atomic E-state index is 0.0924. The maximum atomic E-state index is 12.2. The van der Waals surface area contributed by atoms with Gasteiger partial charge in [-0.1, -0.05) is 6.42 Å². The van der Waals surface area contributed by atoms with Gasteiger partial charge in [-0.2, -0.15) is 0 Å². The van der Waals surface area contributed by atoms with Crippen LogP contribution in [0.3, 0.4) is 0 Å². The van der Waals surface area contributed by atoms with Crippen LogP contribution < -0.4 is 5.56 Å². The van der Waals surface area contributed by atoms with Gasteiger partial charge in [0.25, 0.3) is 5.56 Å². The molecule has 3 rings (SSSR count). The van der Waals surface area contributed by atoms with Crippen molar-refractivity contribution in [3.05, 3.63) is 33.7 Å². The third kappa shape index (κ3) is 3.53. The van der Waals surface area contributed by atoms with Crippen molar-refractivity contribution in [3.8, 4) is 0 Å². The molecule has 2 aliphatic rings. The summed E-state index contributed by atoms with van der Waals surface area (Å²) in [6.45, 7) is 3.52. The number of carbonyl (C=O) groups is 1. The Kier molecular flexibility index (Phi) is 4.10. The fourth-order valence-electron chi connectivity index (χ4n) is 3.03. The second kappa shape index (κ2) is 6.02. The number of carboxylic acid groups (broad SMARTS) is 1. The van der Waals surface area contributed by atoms with Crippen molar-refractivity contribution in [3.63, 3.8) is 0 Å². The van der Waals surface area contributed by atoms with Crippen molar-refractivity contribution in [1.29, 1.82) is 0 Å². The molecule has 1 aromatic rings. The Balaban J connectivity index is 1.85. The van der Waals surface area contributed by atoms with E-state index >= 15 is 0 Å². The van der Waals surface area contributed by atoms with Gasteiger partial charge in [0.2, 0.25) is 0 Å². The topological polar surface area (TPSA) is 62.5 Å². The number of carboxylic acids is 1. The van der Waals surface area contributed by atoms with Gasteiger partial charge in [0, 0.05) is 19.3 Å². The number of rotatable bonds is 5. The van der Waals surface area contributed by atoms with Gasteiger partial charge in [-0.25, -0.2) is 4.79 Å². The lowest BCUT2D eigenvalue weighted by molar-refractivity contribution is 0.0693. The molecule has 21 heavy (non-hydrogen) atoms. The van der Waals surface area contributed by atoms with Crippen molar-refractivity contribution in [2.45, 2.75) is 45.2 Å². The van der Waals surface area contributed by atoms with E-state index in [4.69, 9.17) is 0 Å². The number of piperidine rings is 1. The van der Waals surface area contributed by atoms with Gasteiger partial charge in [0.15, 0.2) is 0 Å². The highest BCUT2D eigenvalue weighted by atomic mass is 16.4. The van der Waals surface area contributed by atoms with Gasteiger partial charge in [-0.3, -0.25) is 9.69 Å². The zero-order valence-corrected chi connectivity index (χ0v) is 12.3. The Labute approximate surface area is 124 Å². The summed E-state index contributed by atoms with van der Waals surface area (Å²) in [6, 6.07) is 1.56. The molecule has 114 valence electrons. The Morgan fingerprint density at radius 2 is 1.95 bits per heavy atom. The molecule has 5 nitrogen and oxygen atoms in total. The van der Waals surface area contributed by atoms with Gasteiger partial charge >= 0.3 is 5.97 Å². The van der Waals surface area contributed by atoms with Crippen molar-refractivity contribution < 1.29 is 9.90 Å². The molecule has 1 aromatic heterocycles. The van der Waals surface area contributed by atoms with Crippen LogP contribution in [0, 0.1) is 5.92 Å². The molecule has 0 unspecified atom stereocenters. The maximum Gasteiger partial charge on any atom is 0.341 e. The van der Waals surface area contributed by atoms with Crippen LogP contribution >= 0.6 is 0 Å². The van der Waals surface area contributed by atoms with Crippen LogP contribution in [-0.4, -0.2) is 33.6 Å². The van der Waals surface area contributed by atoms with E-state index in [1.54, 1.807) is 10.6 Å². The first-order valence-electron chi connectivity index (χ1n) is 7.82. The average Bonchev–Trinajstić information content (AvgIpc) is 3.27. The first kappa shape index (κ1) is 14.3. The van der Waals surface area contributed by atoms with E-state index in [0.29, 0.717) is 12.5 Å². The summed E-state index contributed by atoms with van der Waals surface area (Å²) in [6.07, 6.45) is 7.83. The second-order valence-corrected chi connectivity index (χ2v) is 6.30. The molecular weight excluding hydrogens is 268 g/mol. The highest BCUT2D eigenvalue weighted by Gasteiger charge is 2.24. The Bertz CT molecular complexity index is 584. The molecule has 1 saturated heterocycles. The first-order valence-corrected chi connectivity index (χ1v) is 7.82. The van der Waals surface area contributed by atoms with Crippen molar-refractivity contribution in [1.82, 2.24) is 9.47 Å². The third-order valence-electron chi connectivity index (χ3n) is 4.38. The van der Waals surface area contributed by atoms with Crippen LogP contribution in [-0.2, 0) is 13.1 Å². The van der Waals surface area contributed by atoms with Crippen LogP contribution in [0.5, 0.6) is 0 Å². The summed E-state index contributed by atoms with van der Waals surface area (Å²) >= 11 is 0. The van der Waals surface area contributed by atoms with E-state index < -0.39 is 5.97 Å². The molecule has 5 heteroatoms. The van der Waals surface area contributed by atoms with Crippen LogP contribution in [0.4, 0.5) is 0 Å². The number of nitrogens with zero attached hydrogens (tertiary/aromatic N) is 2. The molecule has 1 aliphatic carbocycles. The summed E-state index contributed by atoms with van der Waals surface area (Å²) in [5.41, 5.74) is 0.483. The van der Waals surface area contributed by atoms with E-state index in [1.165, 1.54) is 19.3 Å². The Hall–Kier alpha value is -1.62. The number of hydrogen-bond acceptors (Lipinski definition) is 3. The van der Waals surface area contributed by atoms with Crippen molar-refractivity contribution in [2.75, 3.05) is 13.1 Å². The molecule has 1 aliphatic heterocycles. The normalized spacial score (nSPS) is 19.6. The van der Waals surface area contributed by atoms with Crippen LogP contribution in [0.25, 0.3) is 0 Å². The quantitative estimate of drug-likeness (QED) is 0.900. The van der Waals surface area contributed by atoms with E-state index in [9.17, 15) is 14.7 Å². The van der Waals surface area contributed by atoms with E-state index in [-0.39, 0.29) is 11.1 Å². The molecule has 2 heterocycles. The summed E-state index contributed by atoms with van der Waals surface area (Å²) < 4.78 is 1.61. The second-order valence-electron chi connectivity index (χ2n) is 6.30. The zero-order valence-electron chi connectivity index (χ0n) is 12.3. The lowest BCUT2D eigenvalue weighted by atomic mass is 10.1. The highest BCUT2D eigenvalue weighted by molar-refractivity contribution is 5.87. The molecule has 0 atom stereocenters. The lowest BCUT2D eigenvalue weighted by Gasteiger charge is -2.26. The summed E-state index contributed by atoms with van der Waals surface area (Å²) in [7, 11) is 0. The minimum Gasteiger partial charge on any atom is -0.477 e. The molecular formula is C16H22N2O3. The van der Waals surface area contributed by atoms with Gasteiger partial charge in [-0.15, -0.1) is 0 Å². The number of likely N-dealkylation sites (tertiary alicyclic amines) is 1. The molecule has 2 fully saturated rings. The SMILES string of the molecule is O=C(O)c1cc(CN2CCCCC2)cn(CC2CC2)c1=O. The monoisotopic (exact) mass is 290 g/mol. The Morgan fingerprint density at radius 3 is 2.57 bits per heavy atom. The number of aromatic carboxylic acids is 1. The fraction of sp³-hybridized carbons (Fsp3) is 0.625. The van der Waals surface area contributed by atoms with Gasteiger partial charge in [0.1, 0.15) is 5.56 Å². The van der Waals surface area contributed by atoms with E-state index in [1.807, 2.05) is 6.20 Å². The summed E-state index contributed by atoms with van der Waals surface area (Å²) in [5, 5.41) is 9.24. The summed E-state index contributed by atoms with van der Waals surface area (Å²) in [4.78, 5) is 25.8. The average molecular weight is 290 g/mol. The predicted molar refractivity (Wildman–Crippen MR) is 79.5 cm³/mol. The minimum atomic E-state index is -1.12. The fourth-order valence-corrected chi connectivity index (χ4v) is 3.03. The molecule has 0 amide bonds. The van der Waals surface area contributed by atoms with Gasteiger partial charge in [0.05, 0.1) is 0 Å². The zero-order chi connectivity index (χ0) is 14.8. The maximum absolute atomic E-state index is 12.2. The number of hydrogen-bond donors (Lipinski definition) is 1. The van der Waals surface area contributed by atoms with E-state index in [2.05, 4.69) is 4.90 Å². The molecule has 1 saturated carbocycles. The van der Waals surface area contributed by atoms with Crippen molar-refractivity contribution in [2.24, 2.45) is 5.92 Å². The standard InChI is InChI=1S/C16H22N2O3/c19-15-14(16(20)21)8-13(9-17-6-2-1-3-7-17)11-18(15)10-12-4-5-12/h8,11-12H,1-7,9-10H2,(H,20,21). The van der Waals surface area contributed by atoms with Crippen LogP contribution in [0.2, 0.25) is 0 Å². The summed E-state index contributed by atoms with van der Waals surface area (Å²) in [5.74, 6) is -0.570. The third-order valence-corrected chi connectivity index (χ3v) is 4.38. The lowest BCUT2D eigenvalue weighted by Crippen LogP contribution is -2.31. The van der Waals surface area contributed by atoms with Crippen molar-refractivity contribution >= 4 is 5.97 Å². The van der Waals surface area contributed by atoms with Gasteiger partial charge < -0.3 is 9.67 Å². The number of pyridine rings is 1. The largest absolute Gasteiger partial charge is 0.477 e. The Morgan fingerprint density at radius 1 is 1.24 bits per heavy atom. The van der Waals surface area contributed by atoms with Crippen LogP contribution in [0.1, 0.15) is 48.0 Å². The molecule has 0 spiro atoms. The van der Waals surface area contributed by atoms with Gasteiger partial charge in [-0.05, 0) is 56.3 Å². The molecule has 0 radical (unpaired) electrons. The van der Waals surface area contributed by atoms with Crippen LogP contribution in [0.15, 0.2) is 17.1 Å².